The van der Waals surface area contributed by atoms with Crippen molar-refractivity contribution in [2.45, 2.75) is 31.1 Å². The molecule has 1 aliphatic carbocycles. The number of Topliss-reactive ketones (excluding diaryl/α,β-unsaturated/α-hetero) is 1. The van der Waals surface area contributed by atoms with Crippen LogP contribution in [0.1, 0.15) is 41.5 Å². The molecular formula is C19H15F2NO2S. The number of halogens is 2. The molecule has 0 saturated carbocycles. The number of carbonyl (C=O) groups is 2. The molecule has 1 aromatic heterocycles. The van der Waals surface area contributed by atoms with Crippen molar-refractivity contribution in [2.24, 2.45) is 0 Å². The van der Waals surface area contributed by atoms with Gasteiger partial charge in [0.15, 0.2) is 5.78 Å². The van der Waals surface area contributed by atoms with Crippen molar-refractivity contribution in [1.29, 1.82) is 0 Å². The molecule has 2 unspecified atom stereocenters. The molecule has 6 heteroatoms. The van der Waals surface area contributed by atoms with Crippen LogP contribution in [0.3, 0.4) is 0 Å². The first-order valence-corrected chi connectivity index (χ1v) is 8.95. The molecule has 0 spiro atoms. The summed E-state index contributed by atoms with van der Waals surface area (Å²) in [6, 6.07) is 7.20. The normalized spacial score (nSPS) is 23.4. The van der Waals surface area contributed by atoms with Crippen molar-refractivity contribution < 1.29 is 18.4 Å². The summed E-state index contributed by atoms with van der Waals surface area (Å²) < 4.78 is 27.5. The first-order chi connectivity index (χ1) is 12.0. The number of nitrogens with one attached hydrogen (secondary N) is 1. The van der Waals surface area contributed by atoms with Gasteiger partial charge in [-0.25, -0.2) is 8.78 Å². The number of amides is 1. The minimum Gasteiger partial charge on any atom is -0.329 e. The van der Waals surface area contributed by atoms with Crippen molar-refractivity contribution in [2.75, 3.05) is 0 Å². The monoisotopic (exact) mass is 359 g/mol. The molecule has 128 valence electrons. The highest BCUT2D eigenvalue weighted by atomic mass is 32.1. The Morgan fingerprint density at radius 1 is 1.08 bits per heavy atom. The average molecular weight is 359 g/mol. The zero-order valence-corrected chi connectivity index (χ0v) is 14.0. The van der Waals surface area contributed by atoms with Crippen LogP contribution in [-0.2, 0) is 9.59 Å². The van der Waals surface area contributed by atoms with Gasteiger partial charge in [0.1, 0.15) is 11.6 Å². The lowest BCUT2D eigenvalue weighted by Crippen LogP contribution is -2.38. The van der Waals surface area contributed by atoms with Crippen LogP contribution in [0.15, 0.2) is 47.0 Å². The lowest BCUT2D eigenvalue weighted by Gasteiger charge is -2.34. The van der Waals surface area contributed by atoms with Crippen LogP contribution in [0.5, 0.6) is 0 Å². The number of allylic oxidation sites excluding steroid dienone is 2. The zero-order valence-electron chi connectivity index (χ0n) is 13.2. The van der Waals surface area contributed by atoms with Gasteiger partial charge in [-0.2, -0.15) is 0 Å². The smallest absolute Gasteiger partial charge is 0.225 e. The van der Waals surface area contributed by atoms with E-state index >= 15 is 0 Å². The van der Waals surface area contributed by atoms with Gasteiger partial charge in [-0.3, -0.25) is 9.59 Å². The maximum Gasteiger partial charge on any atom is 0.225 e. The highest BCUT2D eigenvalue weighted by molar-refractivity contribution is 7.10. The standard InChI is InChI=1S/C19H15F2NO2S/c20-11-3-4-12(14(21)8-11)13-9-18(24)22-15-6-10(7-16(23)19(13)15)17-2-1-5-25-17/h1-5,8,10,13H,6-7,9H2,(H,22,24). The van der Waals surface area contributed by atoms with Gasteiger partial charge < -0.3 is 5.32 Å². The molecule has 0 radical (unpaired) electrons. The molecule has 1 amide bonds. The van der Waals surface area contributed by atoms with E-state index in [1.165, 1.54) is 6.07 Å². The summed E-state index contributed by atoms with van der Waals surface area (Å²) in [5.74, 6) is -2.34. The van der Waals surface area contributed by atoms with Gasteiger partial charge >= 0.3 is 0 Å². The minimum atomic E-state index is -0.722. The van der Waals surface area contributed by atoms with E-state index in [0.29, 0.717) is 24.1 Å². The Bertz CT molecular complexity index is 889. The van der Waals surface area contributed by atoms with Crippen molar-refractivity contribution in [3.8, 4) is 0 Å². The number of benzene rings is 1. The van der Waals surface area contributed by atoms with Gasteiger partial charge in [0.2, 0.25) is 5.91 Å². The number of rotatable bonds is 2. The summed E-state index contributed by atoms with van der Waals surface area (Å²) in [6.45, 7) is 0. The van der Waals surface area contributed by atoms with E-state index < -0.39 is 17.6 Å². The fraction of sp³-hybridized carbons (Fsp3) is 0.263. The maximum atomic E-state index is 14.2. The van der Waals surface area contributed by atoms with Crippen molar-refractivity contribution in [3.63, 3.8) is 0 Å². The third-order valence-corrected chi connectivity index (χ3v) is 5.85. The van der Waals surface area contributed by atoms with Crippen molar-refractivity contribution >= 4 is 23.0 Å². The van der Waals surface area contributed by atoms with Crippen LogP contribution in [0.2, 0.25) is 0 Å². The molecule has 2 aliphatic rings. The SMILES string of the molecule is O=C1CC(c2ccc(F)cc2F)C2=C(CC(c3cccs3)CC2=O)N1. The number of carbonyl (C=O) groups excluding carboxylic acids is 2. The Balaban J connectivity index is 1.76. The van der Waals surface area contributed by atoms with Gasteiger partial charge in [-0.1, -0.05) is 12.1 Å². The second-order valence-corrected chi connectivity index (χ2v) is 7.39. The summed E-state index contributed by atoms with van der Waals surface area (Å²) in [5.41, 5.74) is 1.25. The predicted molar refractivity (Wildman–Crippen MR) is 90.2 cm³/mol. The number of hydrogen-bond acceptors (Lipinski definition) is 3. The minimum absolute atomic E-state index is 0.00318. The van der Waals surface area contributed by atoms with Crippen LogP contribution in [0.4, 0.5) is 8.78 Å². The third-order valence-electron chi connectivity index (χ3n) is 4.82. The molecule has 4 rings (SSSR count). The fourth-order valence-corrected chi connectivity index (χ4v) is 4.57. The Kier molecular flexibility index (Phi) is 4.00. The lowest BCUT2D eigenvalue weighted by molar-refractivity contribution is -0.122. The van der Waals surface area contributed by atoms with Crippen molar-refractivity contribution in [1.82, 2.24) is 5.32 Å². The maximum absolute atomic E-state index is 14.2. The van der Waals surface area contributed by atoms with E-state index in [4.69, 9.17) is 0 Å². The van der Waals surface area contributed by atoms with E-state index in [9.17, 15) is 18.4 Å². The van der Waals surface area contributed by atoms with Crippen LogP contribution in [-0.4, -0.2) is 11.7 Å². The molecule has 2 heterocycles. The Morgan fingerprint density at radius 3 is 2.64 bits per heavy atom. The molecule has 1 aromatic carbocycles. The summed E-state index contributed by atoms with van der Waals surface area (Å²) in [7, 11) is 0. The largest absolute Gasteiger partial charge is 0.329 e. The first-order valence-electron chi connectivity index (χ1n) is 8.07. The predicted octanol–water partition coefficient (Wildman–Crippen LogP) is 4.03. The molecule has 2 aromatic rings. The van der Waals surface area contributed by atoms with E-state index in [2.05, 4.69) is 5.32 Å². The highest BCUT2D eigenvalue weighted by Crippen LogP contribution is 2.43. The third kappa shape index (κ3) is 2.91. The number of thiophene rings is 1. The lowest BCUT2D eigenvalue weighted by atomic mass is 9.74. The summed E-state index contributed by atoms with van der Waals surface area (Å²) in [5, 5.41) is 4.76. The zero-order chi connectivity index (χ0) is 17.6. The van der Waals surface area contributed by atoms with E-state index in [0.717, 1.165) is 17.0 Å². The average Bonchev–Trinajstić information content (AvgIpc) is 3.08. The Morgan fingerprint density at radius 2 is 1.92 bits per heavy atom. The summed E-state index contributed by atoms with van der Waals surface area (Å²) in [4.78, 5) is 26.0. The molecule has 25 heavy (non-hydrogen) atoms. The van der Waals surface area contributed by atoms with Crippen LogP contribution < -0.4 is 5.32 Å². The quantitative estimate of drug-likeness (QED) is 0.880. The molecular weight excluding hydrogens is 344 g/mol. The van der Waals surface area contributed by atoms with Crippen LogP contribution in [0.25, 0.3) is 0 Å². The molecule has 0 saturated heterocycles. The van der Waals surface area contributed by atoms with Gasteiger partial charge in [-0.05, 0) is 29.5 Å². The van der Waals surface area contributed by atoms with Gasteiger partial charge in [-0.15, -0.1) is 11.3 Å². The van der Waals surface area contributed by atoms with Gasteiger partial charge in [0.25, 0.3) is 0 Å². The number of hydrogen-bond donors (Lipinski definition) is 1. The van der Waals surface area contributed by atoms with E-state index in [1.54, 1.807) is 11.3 Å². The molecule has 3 nitrogen and oxygen atoms in total. The molecule has 1 N–H and O–H groups in total. The molecule has 1 aliphatic heterocycles. The second kappa shape index (κ2) is 6.19. The topological polar surface area (TPSA) is 46.2 Å². The van der Waals surface area contributed by atoms with E-state index in [-0.39, 0.29) is 29.6 Å². The van der Waals surface area contributed by atoms with Crippen molar-refractivity contribution in [3.05, 3.63) is 69.1 Å². The highest BCUT2D eigenvalue weighted by Gasteiger charge is 2.39. The first kappa shape index (κ1) is 16.1. The Hall–Kier alpha value is -2.34. The molecule has 0 fully saturated rings. The molecule has 2 atom stereocenters. The van der Waals surface area contributed by atoms with Gasteiger partial charge in [0, 0.05) is 46.9 Å². The van der Waals surface area contributed by atoms with Crippen LogP contribution >= 0.6 is 11.3 Å². The fourth-order valence-electron chi connectivity index (χ4n) is 3.73. The summed E-state index contributed by atoms with van der Waals surface area (Å²) >= 11 is 1.58. The van der Waals surface area contributed by atoms with E-state index in [1.807, 2.05) is 17.5 Å². The summed E-state index contributed by atoms with van der Waals surface area (Å²) in [6.07, 6.45) is 0.887. The molecule has 0 bridgehead atoms. The second-order valence-electron chi connectivity index (χ2n) is 6.41. The number of ketones is 1. The van der Waals surface area contributed by atoms with Crippen LogP contribution in [0, 0.1) is 11.6 Å². The van der Waals surface area contributed by atoms with Gasteiger partial charge in [0.05, 0.1) is 0 Å². The Labute approximate surface area is 147 Å².